The minimum absolute atomic E-state index is 0.281. The van der Waals surface area contributed by atoms with Gasteiger partial charge in [0.05, 0.1) is 0 Å². The third-order valence-corrected chi connectivity index (χ3v) is 3.25. The Morgan fingerprint density at radius 1 is 1.33 bits per heavy atom. The monoisotopic (exact) mass is 245 g/mol. The predicted octanol–water partition coefficient (Wildman–Crippen LogP) is 3.84. The summed E-state index contributed by atoms with van der Waals surface area (Å²) in [6.07, 6.45) is 2.03. The van der Waals surface area contributed by atoms with Crippen molar-refractivity contribution in [3.63, 3.8) is 0 Å². The van der Waals surface area contributed by atoms with E-state index in [1.165, 1.54) is 0 Å². The standard InChI is InChI=1S/C12H17Cl2N/c1-2-11(13)7-8-15-9-10-5-3-4-6-12(10)14/h3-6,11,15H,2,7-9H2,1H3. The molecule has 0 saturated heterocycles. The molecule has 1 aromatic carbocycles. The molecule has 0 aromatic heterocycles. The SMILES string of the molecule is CCC(Cl)CCNCc1ccccc1Cl. The first-order valence-corrected chi connectivity index (χ1v) is 6.13. The summed E-state index contributed by atoms with van der Waals surface area (Å²) in [4.78, 5) is 0. The Balaban J connectivity index is 2.23. The molecule has 0 aliphatic carbocycles. The van der Waals surface area contributed by atoms with E-state index in [0.29, 0.717) is 0 Å². The van der Waals surface area contributed by atoms with Gasteiger partial charge in [-0.3, -0.25) is 0 Å². The lowest BCUT2D eigenvalue weighted by Gasteiger charge is -2.08. The zero-order valence-electron chi connectivity index (χ0n) is 8.97. The molecule has 15 heavy (non-hydrogen) atoms. The van der Waals surface area contributed by atoms with Gasteiger partial charge in [0, 0.05) is 16.9 Å². The second-order valence-electron chi connectivity index (χ2n) is 3.56. The fourth-order valence-electron chi connectivity index (χ4n) is 1.33. The van der Waals surface area contributed by atoms with Crippen LogP contribution in [0.1, 0.15) is 25.3 Å². The molecule has 0 amide bonds. The van der Waals surface area contributed by atoms with Gasteiger partial charge in [0.2, 0.25) is 0 Å². The van der Waals surface area contributed by atoms with E-state index in [0.717, 1.165) is 36.5 Å². The highest BCUT2D eigenvalue weighted by atomic mass is 35.5. The normalized spacial score (nSPS) is 12.7. The zero-order valence-corrected chi connectivity index (χ0v) is 10.5. The van der Waals surface area contributed by atoms with Gasteiger partial charge in [0.1, 0.15) is 0 Å². The van der Waals surface area contributed by atoms with Crippen LogP contribution in [0.15, 0.2) is 24.3 Å². The van der Waals surface area contributed by atoms with Crippen molar-refractivity contribution in [2.24, 2.45) is 0 Å². The van der Waals surface area contributed by atoms with E-state index < -0.39 is 0 Å². The number of nitrogens with one attached hydrogen (secondary N) is 1. The summed E-state index contributed by atoms with van der Waals surface area (Å²) >= 11 is 12.0. The first-order chi connectivity index (χ1) is 7.24. The summed E-state index contributed by atoms with van der Waals surface area (Å²) in [5, 5.41) is 4.44. The van der Waals surface area contributed by atoms with Gasteiger partial charge in [-0.15, -0.1) is 11.6 Å². The van der Waals surface area contributed by atoms with E-state index in [-0.39, 0.29) is 5.38 Å². The Kier molecular flexibility index (Phi) is 6.07. The van der Waals surface area contributed by atoms with Crippen LogP contribution in [0, 0.1) is 0 Å². The van der Waals surface area contributed by atoms with Gasteiger partial charge in [-0.05, 0) is 31.0 Å². The molecular formula is C12H17Cl2N. The Bertz CT molecular complexity index is 289. The number of halogens is 2. The van der Waals surface area contributed by atoms with Crippen LogP contribution in [0.25, 0.3) is 0 Å². The molecular weight excluding hydrogens is 229 g/mol. The van der Waals surface area contributed by atoms with Crippen molar-refractivity contribution < 1.29 is 0 Å². The lowest BCUT2D eigenvalue weighted by molar-refractivity contribution is 0.622. The second kappa shape index (κ2) is 7.10. The molecule has 84 valence electrons. The maximum Gasteiger partial charge on any atom is 0.0450 e. The average Bonchev–Trinajstić information content (AvgIpc) is 2.26. The Morgan fingerprint density at radius 2 is 2.07 bits per heavy atom. The third kappa shape index (κ3) is 4.87. The molecule has 0 bridgehead atoms. The summed E-state index contributed by atoms with van der Waals surface area (Å²) < 4.78 is 0. The minimum atomic E-state index is 0.281. The minimum Gasteiger partial charge on any atom is -0.313 e. The van der Waals surface area contributed by atoms with Crippen LogP contribution in [0.4, 0.5) is 0 Å². The van der Waals surface area contributed by atoms with E-state index >= 15 is 0 Å². The van der Waals surface area contributed by atoms with E-state index in [1.54, 1.807) is 0 Å². The topological polar surface area (TPSA) is 12.0 Å². The lowest BCUT2D eigenvalue weighted by atomic mass is 10.2. The van der Waals surface area contributed by atoms with Gasteiger partial charge in [-0.25, -0.2) is 0 Å². The maximum atomic E-state index is 6.03. The summed E-state index contributed by atoms with van der Waals surface area (Å²) in [6, 6.07) is 7.89. The summed E-state index contributed by atoms with van der Waals surface area (Å²) in [7, 11) is 0. The Morgan fingerprint density at radius 3 is 2.73 bits per heavy atom. The van der Waals surface area contributed by atoms with E-state index in [2.05, 4.69) is 12.2 Å². The van der Waals surface area contributed by atoms with Gasteiger partial charge in [0.15, 0.2) is 0 Å². The van der Waals surface area contributed by atoms with Gasteiger partial charge in [0.25, 0.3) is 0 Å². The molecule has 1 N–H and O–H groups in total. The molecule has 1 atom stereocenters. The quantitative estimate of drug-likeness (QED) is 0.594. The number of alkyl halides is 1. The van der Waals surface area contributed by atoms with Crippen molar-refractivity contribution in [2.75, 3.05) is 6.54 Å². The van der Waals surface area contributed by atoms with Crippen molar-refractivity contribution in [1.82, 2.24) is 5.32 Å². The fourth-order valence-corrected chi connectivity index (χ4v) is 1.64. The number of hydrogen-bond donors (Lipinski definition) is 1. The summed E-state index contributed by atoms with van der Waals surface area (Å²) in [5.74, 6) is 0. The average molecular weight is 246 g/mol. The van der Waals surface area contributed by atoms with Crippen molar-refractivity contribution in [1.29, 1.82) is 0 Å². The Hall–Kier alpha value is -0.240. The van der Waals surface area contributed by atoms with Crippen molar-refractivity contribution in [2.45, 2.75) is 31.7 Å². The Labute approximate surface area is 102 Å². The zero-order chi connectivity index (χ0) is 11.1. The van der Waals surface area contributed by atoms with Crippen LogP contribution in [0.5, 0.6) is 0 Å². The molecule has 3 heteroatoms. The van der Waals surface area contributed by atoms with Gasteiger partial charge >= 0.3 is 0 Å². The van der Waals surface area contributed by atoms with E-state index in [4.69, 9.17) is 23.2 Å². The molecule has 0 spiro atoms. The van der Waals surface area contributed by atoms with Crippen LogP contribution >= 0.6 is 23.2 Å². The van der Waals surface area contributed by atoms with Crippen molar-refractivity contribution in [3.8, 4) is 0 Å². The largest absolute Gasteiger partial charge is 0.313 e. The summed E-state index contributed by atoms with van der Waals surface area (Å²) in [5.41, 5.74) is 1.14. The van der Waals surface area contributed by atoms with Crippen LogP contribution in [-0.2, 0) is 6.54 Å². The fraction of sp³-hybridized carbons (Fsp3) is 0.500. The summed E-state index contributed by atoms with van der Waals surface area (Å²) in [6.45, 7) is 3.85. The van der Waals surface area contributed by atoms with Crippen LogP contribution in [0.3, 0.4) is 0 Å². The first-order valence-electron chi connectivity index (χ1n) is 5.32. The van der Waals surface area contributed by atoms with Crippen LogP contribution < -0.4 is 5.32 Å². The smallest absolute Gasteiger partial charge is 0.0450 e. The molecule has 0 heterocycles. The van der Waals surface area contributed by atoms with Crippen molar-refractivity contribution >= 4 is 23.2 Å². The highest BCUT2D eigenvalue weighted by Crippen LogP contribution is 2.14. The highest BCUT2D eigenvalue weighted by molar-refractivity contribution is 6.31. The molecule has 1 aromatic rings. The van der Waals surface area contributed by atoms with Gasteiger partial charge in [-0.1, -0.05) is 36.7 Å². The predicted molar refractivity (Wildman–Crippen MR) is 67.7 cm³/mol. The third-order valence-electron chi connectivity index (χ3n) is 2.35. The van der Waals surface area contributed by atoms with E-state index in [1.807, 2.05) is 24.3 Å². The molecule has 1 unspecified atom stereocenters. The molecule has 0 radical (unpaired) electrons. The lowest BCUT2D eigenvalue weighted by Crippen LogP contribution is -2.17. The van der Waals surface area contributed by atoms with Gasteiger partial charge < -0.3 is 5.32 Å². The molecule has 1 rings (SSSR count). The number of rotatable bonds is 6. The molecule has 0 fully saturated rings. The van der Waals surface area contributed by atoms with Crippen molar-refractivity contribution in [3.05, 3.63) is 34.9 Å². The van der Waals surface area contributed by atoms with Crippen LogP contribution in [0.2, 0.25) is 5.02 Å². The number of benzene rings is 1. The maximum absolute atomic E-state index is 6.03. The molecule has 0 aliphatic rings. The van der Waals surface area contributed by atoms with Crippen LogP contribution in [-0.4, -0.2) is 11.9 Å². The van der Waals surface area contributed by atoms with Gasteiger partial charge in [-0.2, -0.15) is 0 Å². The molecule has 1 nitrogen and oxygen atoms in total. The molecule has 0 saturated carbocycles. The van der Waals surface area contributed by atoms with E-state index in [9.17, 15) is 0 Å². The first kappa shape index (κ1) is 12.8. The molecule has 0 aliphatic heterocycles. The highest BCUT2D eigenvalue weighted by Gasteiger charge is 2.01. The second-order valence-corrected chi connectivity index (χ2v) is 4.59. The number of hydrogen-bond acceptors (Lipinski definition) is 1.